The fourth-order valence-electron chi connectivity index (χ4n) is 2.10. The highest BCUT2D eigenvalue weighted by atomic mass is 35.5. The Labute approximate surface area is 123 Å². The molecule has 0 aliphatic carbocycles. The van der Waals surface area contributed by atoms with Crippen LogP contribution >= 0.6 is 23.2 Å². The minimum Gasteiger partial charge on any atom is -0.326 e. The maximum Gasteiger partial charge on any atom is 0.0954 e. The molecule has 0 saturated carbocycles. The number of rotatable bonds is 3. The first kappa shape index (κ1) is 14.4. The van der Waals surface area contributed by atoms with E-state index in [2.05, 4.69) is 11.9 Å². The van der Waals surface area contributed by atoms with Crippen molar-refractivity contribution in [1.29, 1.82) is 0 Å². The van der Waals surface area contributed by atoms with Crippen LogP contribution in [0, 0.1) is 0 Å². The molecule has 2 N–H and O–H groups in total. The van der Waals surface area contributed by atoms with E-state index in [9.17, 15) is 0 Å². The van der Waals surface area contributed by atoms with Crippen LogP contribution in [0.5, 0.6) is 0 Å². The molecule has 2 aromatic rings. The number of hydrogen-bond donors (Lipinski definition) is 1. The van der Waals surface area contributed by atoms with Crippen molar-refractivity contribution in [2.45, 2.75) is 32.4 Å². The van der Waals surface area contributed by atoms with Gasteiger partial charge >= 0.3 is 0 Å². The lowest BCUT2D eigenvalue weighted by atomic mass is 10.0. The summed E-state index contributed by atoms with van der Waals surface area (Å²) in [5.41, 5.74) is 7.67. The highest BCUT2D eigenvalue weighted by Crippen LogP contribution is 2.30. The van der Waals surface area contributed by atoms with Crippen LogP contribution in [-0.4, -0.2) is 9.55 Å². The van der Waals surface area contributed by atoms with E-state index >= 15 is 0 Å². The maximum atomic E-state index is 6.26. The van der Waals surface area contributed by atoms with Crippen LogP contribution in [0.3, 0.4) is 0 Å². The topological polar surface area (TPSA) is 43.8 Å². The molecule has 0 radical (unpaired) electrons. The first-order chi connectivity index (χ1) is 8.80. The average molecular weight is 298 g/mol. The predicted octanol–water partition coefficient (Wildman–Crippen LogP) is 3.99. The Morgan fingerprint density at radius 1 is 1.32 bits per heavy atom. The summed E-state index contributed by atoms with van der Waals surface area (Å²) in [4.78, 5) is 4.20. The molecule has 0 aliphatic heterocycles. The van der Waals surface area contributed by atoms with Gasteiger partial charge in [0.1, 0.15) is 0 Å². The number of nitrogens with zero attached hydrogens (tertiary/aromatic N) is 2. The lowest BCUT2D eigenvalue weighted by Crippen LogP contribution is -2.32. The first-order valence-corrected chi connectivity index (χ1v) is 6.82. The molecule has 0 amide bonds. The summed E-state index contributed by atoms with van der Waals surface area (Å²) in [6, 6.07) is 5.57. The zero-order chi connectivity index (χ0) is 14.2. The number of nitrogens with two attached hydrogens (primary N) is 1. The van der Waals surface area contributed by atoms with E-state index < -0.39 is 5.54 Å². The minimum absolute atomic E-state index is 0.0464. The summed E-state index contributed by atoms with van der Waals surface area (Å²) in [5.74, 6) is 0. The van der Waals surface area contributed by atoms with Crippen LogP contribution in [-0.2, 0) is 5.54 Å². The van der Waals surface area contributed by atoms with Crippen molar-refractivity contribution in [3.63, 3.8) is 0 Å². The number of hydrogen-bond acceptors (Lipinski definition) is 2. The summed E-state index contributed by atoms with van der Waals surface area (Å²) in [5, 5.41) is 1.28. The van der Waals surface area contributed by atoms with Gasteiger partial charge in [-0.15, -0.1) is 0 Å². The summed E-state index contributed by atoms with van der Waals surface area (Å²) < 4.78 is 2.04. The number of halogens is 2. The molecule has 19 heavy (non-hydrogen) atoms. The van der Waals surface area contributed by atoms with E-state index in [1.165, 1.54) is 0 Å². The monoisotopic (exact) mass is 297 g/mol. The van der Waals surface area contributed by atoms with Crippen LogP contribution in [0.15, 0.2) is 30.7 Å². The molecule has 1 heterocycles. The van der Waals surface area contributed by atoms with E-state index in [4.69, 9.17) is 28.9 Å². The third kappa shape index (κ3) is 2.94. The standard InChI is InChI=1S/C14H17Cl2N3/c1-9(11-5-4-10(15)6-12(11)16)19-8-18-7-13(19)14(2,3)17/h4-9H,17H2,1-3H3. The second-order valence-corrected chi connectivity index (χ2v) is 6.09. The predicted molar refractivity (Wildman–Crippen MR) is 79.7 cm³/mol. The zero-order valence-corrected chi connectivity index (χ0v) is 12.7. The summed E-state index contributed by atoms with van der Waals surface area (Å²) >= 11 is 12.2. The molecular formula is C14H17Cl2N3. The molecule has 5 heteroatoms. The highest BCUT2D eigenvalue weighted by molar-refractivity contribution is 6.35. The molecular weight excluding hydrogens is 281 g/mol. The van der Waals surface area contributed by atoms with Gasteiger partial charge in [0, 0.05) is 10.0 Å². The van der Waals surface area contributed by atoms with E-state index in [1.807, 2.05) is 30.5 Å². The molecule has 102 valence electrons. The number of aromatic nitrogens is 2. The van der Waals surface area contributed by atoms with E-state index in [1.54, 1.807) is 18.6 Å². The van der Waals surface area contributed by atoms with E-state index in [-0.39, 0.29) is 6.04 Å². The Morgan fingerprint density at radius 2 is 2.00 bits per heavy atom. The van der Waals surface area contributed by atoms with E-state index in [0.717, 1.165) is 11.3 Å². The van der Waals surface area contributed by atoms with Gasteiger partial charge in [0.15, 0.2) is 0 Å². The average Bonchev–Trinajstić information content (AvgIpc) is 2.76. The molecule has 0 spiro atoms. The van der Waals surface area contributed by atoms with Gasteiger partial charge in [0.05, 0.1) is 29.8 Å². The van der Waals surface area contributed by atoms with Crippen molar-refractivity contribution >= 4 is 23.2 Å². The Kier molecular flexibility index (Phi) is 3.90. The second-order valence-electron chi connectivity index (χ2n) is 5.25. The Bertz CT molecular complexity index is 585. The lowest BCUT2D eigenvalue weighted by Gasteiger charge is -2.25. The van der Waals surface area contributed by atoms with Crippen molar-refractivity contribution in [2.24, 2.45) is 5.73 Å². The Hall–Kier alpha value is -1.03. The Morgan fingerprint density at radius 3 is 2.58 bits per heavy atom. The molecule has 0 fully saturated rings. The van der Waals surface area contributed by atoms with Gasteiger partial charge in [-0.1, -0.05) is 29.3 Å². The van der Waals surface area contributed by atoms with E-state index in [0.29, 0.717) is 10.0 Å². The SMILES string of the molecule is CC(c1ccc(Cl)cc1Cl)n1cncc1C(C)(C)N. The van der Waals surface area contributed by atoms with Crippen LogP contribution in [0.25, 0.3) is 0 Å². The van der Waals surface area contributed by atoms with Gasteiger partial charge in [0.25, 0.3) is 0 Å². The maximum absolute atomic E-state index is 6.26. The molecule has 0 aliphatic rings. The zero-order valence-electron chi connectivity index (χ0n) is 11.2. The van der Waals surface area contributed by atoms with Crippen molar-refractivity contribution < 1.29 is 0 Å². The quantitative estimate of drug-likeness (QED) is 0.931. The van der Waals surface area contributed by atoms with Gasteiger partial charge in [-0.3, -0.25) is 0 Å². The number of benzene rings is 1. The van der Waals surface area contributed by atoms with Crippen LogP contribution < -0.4 is 5.73 Å². The van der Waals surface area contributed by atoms with Crippen LogP contribution in [0.2, 0.25) is 10.0 Å². The lowest BCUT2D eigenvalue weighted by molar-refractivity contribution is 0.477. The highest BCUT2D eigenvalue weighted by Gasteiger charge is 2.23. The minimum atomic E-state index is -0.455. The summed E-state index contributed by atoms with van der Waals surface area (Å²) in [6.07, 6.45) is 3.57. The molecule has 3 nitrogen and oxygen atoms in total. The van der Waals surface area contributed by atoms with Crippen molar-refractivity contribution in [3.05, 3.63) is 52.0 Å². The fraction of sp³-hybridized carbons (Fsp3) is 0.357. The summed E-state index contributed by atoms with van der Waals surface area (Å²) in [6.45, 7) is 5.97. The van der Waals surface area contributed by atoms with Gasteiger partial charge in [0.2, 0.25) is 0 Å². The van der Waals surface area contributed by atoms with Crippen LogP contribution in [0.1, 0.15) is 38.1 Å². The third-order valence-electron chi connectivity index (χ3n) is 3.16. The molecule has 1 aromatic carbocycles. The smallest absolute Gasteiger partial charge is 0.0954 e. The number of imidazole rings is 1. The van der Waals surface area contributed by atoms with Gasteiger partial charge < -0.3 is 10.3 Å². The molecule has 1 unspecified atom stereocenters. The molecule has 1 atom stereocenters. The summed E-state index contributed by atoms with van der Waals surface area (Å²) in [7, 11) is 0. The largest absolute Gasteiger partial charge is 0.326 e. The molecule has 0 saturated heterocycles. The molecule has 1 aromatic heterocycles. The van der Waals surface area contributed by atoms with Gasteiger partial charge in [-0.25, -0.2) is 4.98 Å². The van der Waals surface area contributed by atoms with Crippen molar-refractivity contribution in [3.8, 4) is 0 Å². The first-order valence-electron chi connectivity index (χ1n) is 6.07. The van der Waals surface area contributed by atoms with Gasteiger partial charge in [-0.2, -0.15) is 0 Å². The molecule has 0 bridgehead atoms. The second kappa shape index (κ2) is 5.16. The van der Waals surface area contributed by atoms with Crippen molar-refractivity contribution in [2.75, 3.05) is 0 Å². The Balaban J connectivity index is 2.45. The van der Waals surface area contributed by atoms with Gasteiger partial charge in [-0.05, 0) is 38.5 Å². The third-order valence-corrected chi connectivity index (χ3v) is 3.72. The fourth-order valence-corrected chi connectivity index (χ4v) is 2.67. The molecule has 2 rings (SSSR count). The normalized spacial score (nSPS) is 13.6. The van der Waals surface area contributed by atoms with Crippen LogP contribution in [0.4, 0.5) is 0 Å². The van der Waals surface area contributed by atoms with Crippen molar-refractivity contribution in [1.82, 2.24) is 9.55 Å².